The maximum atomic E-state index is 12.8. The molecule has 0 radical (unpaired) electrons. The molecule has 21 heavy (non-hydrogen) atoms. The Hall–Kier alpha value is -1.08. The van der Waals surface area contributed by atoms with E-state index in [1.54, 1.807) is 31.2 Å². The zero-order valence-corrected chi connectivity index (χ0v) is 14.2. The number of halogens is 1. The van der Waals surface area contributed by atoms with Crippen LogP contribution in [-0.2, 0) is 16.6 Å². The number of sulfonamides is 1. The smallest absolute Gasteiger partial charge is 0.243 e. The van der Waals surface area contributed by atoms with Gasteiger partial charge in [-0.05, 0) is 36.8 Å². The molecule has 0 fully saturated rings. The summed E-state index contributed by atoms with van der Waals surface area (Å²) in [5.74, 6) is 0. The van der Waals surface area contributed by atoms with Gasteiger partial charge in [-0.15, -0.1) is 11.3 Å². The van der Waals surface area contributed by atoms with Crippen molar-refractivity contribution in [3.8, 4) is 0 Å². The molecule has 0 spiro atoms. The van der Waals surface area contributed by atoms with Gasteiger partial charge >= 0.3 is 0 Å². The Labute approximate surface area is 134 Å². The van der Waals surface area contributed by atoms with Gasteiger partial charge in [0.05, 0.1) is 9.23 Å². The first kappa shape index (κ1) is 16.3. The fourth-order valence-electron chi connectivity index (χ4n) is 2.03. The van der Waals surface area contributed by atoms with Crippen LogP contribution in [0, 0.1) is 6.92 Å². The fourth-order valence-corrected chi connectivity index (χ4v) is 4.89. The molecule has 2 N–H and O–H groups in total. The van der Waals surface area contributed by atoms with Gasteiger partial charge in [0.25, 0.3) is 0 Å². The van der Waals surface area contributed by atoms with Crippen molar-refractivity contribution in [3.63, 3.8) is 0 Å². The molecule has 0 aliphatic carbocycles. The van der Waals surface area contributed by atoms with Gasteiger partial charge < -0.3 is 5.73 Å². The van der Waals surface area contributed by atoms with Gasteiger partial charge in [-0.1, -0.05) is 24.6 Å². The SMILES string of the molecule is CCN(Cc1ccc(Cl)s1)S(=O)(=O)c1cccc(N)c1C. The Morgan fingerprint density at radius 1 is 1.29 bits per heavy atom. The molecule has 2 rings (SSSR count). The van der Waals surface area contributed by atoms with E-state index in [9.17, 15) is 8.42 Å². The summed E-state index contributed by atoms with van der Waals surface area (Å²) in [7, 11) is -3.58. The Bertz CT molecular complexity index is 741. The minimum atomic E-state index is -3.58. The molecule has 1 heterocycles. The summed E-state index contributed by atoms with van der Waals surface area (Å²) in [6.07, 6.45) is 0. The molecule has 0 atom stereocenters. The molecule has 1 aromatic carbocycles. The molecule has 0 unspecified atom stereocenters. The van der Waals surface area contributed by atoms with E-state index in [0.29, 0.717) is 28.7 Å². The normalized spacial score (nSPS) is 12.0. The molecule has 2 aromatic rings. The van der Waals surface area contributed by atoms with E-state index < -0.39 is 10.0 Å². The van der Waals surface area contributed by atoms with Crippen LogP contribution in [0.1, 0.15) is 17.4 Å². The summed E-state index contributed by atoms with van der Waals surface area (Å²) in [4.78, 5) is 1.17. The lowest BCUT2D eigenvalue weighted by molar-refractivity contribution is 0.426. The number of anilines is 1. The lowest BCUT2D eigenvalue weighted by atomic mass is 10.2. The van der Waals surface area contributed by atoms with Crippen molar-refractivity contribution in [1.29, 1.82) is 0 Å². The van der Waals surface area contributed by atoms with E-state index in [-0.39, 0.29) is 4.90 Å². The zero-order chi connectivity index (χ0) is 15.6. The van der Waals surface area contributed by atoms with Gasteiger partial charge in [0.2, 0.25) is 10.0 Å². The topological polar surface area (TPSA) is 63.4 Å². The Morgan fingerprint density at radius 3 is 2.57 bits per heavy atom. The number of thiophene rings is 1. The highest BCUT2D eigenvalue weighted by Gasteiger charge is 2.25. The van der Waals surface area contributed by atoms with E-state index in [0.717, 1.165) is 4.88 Å². The third kappa shape index (κ3) is 3.40. The average molecular weight is 345 g/mol. The van der Waals surface area contributed by atoms with Gasteiger partial charge in [0.15, 0.2) is 0 Å². The monoisotopic (exact) mass is 344 g/mol. The van der Waals surface area contributed by atoms with Crippen molar-refractivity contribution < 1.29 is 8.42 Å². The van der Waals surface area contributed by atoms with E-state index in [4.69, 9.17) is 17.3 Å². The predicted octanol–water partition coefficient (Wildman–Crippen LogP) is 3.50. The van der Waals surface area contributed by atoms with Crippen LogP contribution in [-0.4, -0.2) is 19.3 Å². The maximum Gasteiger partial charge on any atom is 0.243 e. The number of nitrogens with zero attached hydrogens (tertiary/aromatic N) is 1. The molecule has 0 aliphatic rings. The minimum absolute atomic E-state index is 0.256. The second-order valence-electron chi connectivity index (χ2n) is 4.61. The van der Waals surface area contributed by atoms with Gasteiger partial charge in [0, 0.05) is 23.7 Å². The van der Waals surface area contributed by atoms with Crippen molar-refractivity contribution in [2.45, 2.75) is 25.3 Å². The lowest BCUT2D eigenvalue weighted by Crippen LogP contribution is -2.30. The highest BCUT2D eigenvalue weighted by Crippen LogP contribution is 2.27. The Kier molecular flexibility index (Phi) is 4.93. The third-order valence-corrected chi connectivity index (χ3v) is 6.54. The molecule has 7 heteroatoms. The van der Waals surface area contributed by atoms with Crippen LogP contribution >= 0.6 is 22.9 Å². The summed E-state index contributed by atoms with van der Waals surface area (Å²) in [5, 5.41) is 0. The van der Waals surface area contributed by atoms with Gasteiger partial charge in [0.1, 0.15) is 0 Å². The quantitative estimate of drug-likeness (QED) is 0.844. The predicted molar refractivity (Wildman–Crippen MR) is 88.2 cm³/mol. The summed E-state index contributed by atoms with van der Waals surface area (Å²) in [6, 6.07) is 8.56. The number of nitrogen functional groups attached to an aromatic ring is 1. The first-order chi connectivity index (χ1) is 9.86. The molecule has 0 aliphatic heterocycles. The summed E-state index contributed by atoms with van der Waals surface area (Å²) in [6.45, 7) is 4.23. The highest BCUT2D eigenvalue weighted by atomic mass is 35.5. The van der Waals surface area contributed by atoms with Crippen LogP contribution < -0.4 is 5.73 Å². The second kappa shape index (κ2) is 6.36. The van der Waals surface area contributed by atoms with E-state index in [1.165, 1.54) is 15.6 Å². The van der Waals surface area contributed by atoms with Crippen LogP contribution in [0.5, 0.6) is 0 Å². The van der Waals surface area contributed by atoms with Crippen LogP contribution in [0.4, 0.5) is 5.69 Å². The fraction of sp³-hybridized carbons (Fsp3) is 0.286. The molecule has 0 saturated heterocycles. The van der Waals surface area contributed by atoms with Crippen LogP contribution in [0.2, 0.25) is 4.34 Å². The molecule has 1 aromatic heterocycles. The molecular weight excluding hydrogens is 328 g/mol. The summed E-state index contributed by atoms with van der Waals surface area (Å²) >= 11 is 7.28. The van der Waals surface area contributed by atoms with Crippen molar-refractivity contribution in [1.82, 2.24) is 4.31 Å². The maximum absolute atomic E-state index is 12.8. The number of hydrogen-bond donors (Lipinski definition) is 1. The summed E-state index contributed by atoms with van der Waals surface area (Å²) in [5.41, 5.74) is 6.88. The Balaban J connectivity index is 2.38. The second-order valence-corrected chi connectivity index (χ2v) is 8.31. The first-order valence-electron chi connectivity index (χ1n) is 6.45. The van der Waals surface area contributed by atoms with Gasteiger partial charge in [-0.3, -0.25) is 0 Å². The molecule has 114 valence electrons. The molecule has 0 amide bonds. The van der Waals surface area contributed by atoms with E-state index in [2.05, 4.69) is 0 Å². The van der Waals surface area contributed by atoms with Crippen LogP contribution in [0.15, 0.2) is 35.2 Å². The summed E-state index contributed by atoms with van der Waals surface area (Å²) < 4.78 is 27.7. The average Bonchev–Trinajstić information content (AvgIpc) is 2.84. The third-order valence-electron chi connectivity index (χ3n) is 3.26. The minimum Gasteiger partial charge on any atom is -0.398 e. The number of benzene rings is 1. The van der Waals surface area contributed by atoms with Crippen molar-refractivity contribution >= 4 is 38.6 Å². The van der Waals surface area contributed by atoms with Gasteiger partial charge in [-0.2, -0.15) is 4.31 Å². The highest BCUT2D eigenvalue weighted by molar-refractivity contribution is 7.89. The Morgan fingerprint density at radius 2 is 2.00 bits per heavy atom. The molecule has 0 bridgehead atoms. The number of rotatable bonds is 5. The molecule has 0 saturated carbocycles. The zero-order valence-electron chi connectivity index (χ0n) is 11.8. The molecule has 4 nitrogen and oxygen atoms in total. The van der Waals surface area contributed by atoms with Crippen molar-refractivity contribution in [2.75, 3.05) is 12.3 Å². The van der Waals surface area contributed by atoms with Crippen LogP contribution in [0.3, 0.4) is 0 Å². The van der Waals surface area contributed by atoms with Crippen molar-refractivity contribution in [2.24, 2.45) is 0 Å². The van der Waals surface area contributed by atoms with E-state index >= 15 is 0 Å². The first-order valence-corrected chi connectivity index (χ1v) is 9.09. The van der Waals surface area contributed by atoms with Crippen molar-refractivity contribution in [3.05, 3.63) is 45.1 Å². The van der Waals surface area contributed by atoms with E-state index in [1.807, 2.05) is 13.0 Å². The number of nitrogens with two attached hydrogens (primary N) is 1. The largest absolute Gasteiger partial charge is 0.398 e. The van der Waals surface area contributed by atoms with Gasteiger partial charge in [-0.25, -0.2) is 8.42 Å². The standard InChI is InChI=1S/C14H17ClN2O2S2/c1-3-17(9-11-7-8-14(15)20-11)21(18,19)13-6-4-5-12(16)10(13)2/h4-8H,3,9,16H2,1-2H3. The number of hydrogen-bond acceptors (Lipinski definition) is 4. The lowest BCUT2D eigenvalue weighted by Gasteiger charge is -2.21. The van der Waals surface area contributed by atoms with Crippen LogP contribution in [0.25, 0.3) is 0 Å². The molecular formula is C14H17ClN2O2S2.